The molecule has 1 saturated carbocycles. The maximum atomic E-state index is 13.3. The molecule has 1 aliphatic carbocycles. The number of benzene rings is 1. The van der Waals surface area contributed by atoms with Gasteiger partial charge in [-0.2, -0.15) is 0 Å². The number of carboxylic acids is 1. The summed E-state index contributed by atoms with van der Waals surface area (Å²) in [5.74, 6) is -1.60. The van der Waals surface area contributed by atoms with Gasteiger partial charge in [0.05, 0.1) is 10.4 Å². The molecule has 2 amide bonds. The summed E-state index contributed by atoms with van der Waals surface area (Å²) >= 11 is 3.07. The Labute approximate surface area is 130 Å². The summed E-state index contributed by atoms with van der Waals surface area (Å²) in [6, 6.07) is 2.28. The molecule has 1 aliphatic rings. The van der Waals surface area contributed by atoms with E-state index in [9.17, 15) is 14.0 Å². The lowest BCUT2D eigenvalue weighted by Gasteiger charge is -2.15. The van der Waals surface area contributed by atoms with E-state index >= 15 is 0 Å². The third kappa shape index (κ3) is 3.93. The number of nitrogens with one attached hydrogen (secondary N) is 2. The van der Waals surface area contributed by atoms with Gasteiger partial charge in [-0.3, -0.25) is 4.79 Å². The smallest absolute Gasteiger partial charge is 0.319 e. The molecular formula is C14H16BrFN2O3. The predicted molar refractivity (Wildman–Crippen MR) is 79.8 cm³/mol. The van der Waals surface area contributed by atoms with Crippen molar-refractivity contribution in [3.05, 3.63) is 28.0 Å². The molecule has 7 heteroatoms. The number of carboxylic acid groups (broad SMARTS) is 1. The number of carbonyl (C=O) groups excluding carboxylic acids is 1. The second-order valence-electron chi connectivity index (χ2n) is 5.22. The molecular weight excluding hydrogens is 343 g/mol. The lowest BCUT2D eigenvalue weighted by Crippen LogP contribution is -2.36. The monoisotopic (exact) mass is 358 g/mol. The standard InChI is InChI=1S/C14H16BrFN2O3/c1-7-4-11(16)10(15)6-12(7)18-14(21)17-9-3-2-8(5-9)13(19)20/h4,6,8-9H,2-3,5H2,1H3,(H,19,20)(H2,17,18,21). The first-order valence-electron chi connectivity index (χ1n) is 6.62. The highest BCUT2D eigenvalue weighted by Gasteiger charge is 2.30. The normalized spacial score (nSPS) is 21.1. The molecule has 0 aliphatic heterocycles. The lowest BCUT2D eigenvalue weighted by atomic mass is 10.1. The third-order valence-corrected chi connectivity index (χ3v) is 4.24. The molecule has 0 spiro atoms. The summed E-state index contributed by atoms with van der Waals surface area (Å²) in [6.07, 6.45) is 1.66. The maximum Gasteiger partial charge on any atom is 0.319 e. The quantitative estimate of drug-likeness (QED) is 0.775. The number of anilines is 1. The first kappa shape index (κ1) is 15.8. The van der Waals surface area contributed by atoms with Gasteiger partial charge in [0.2, 0.25) is 0 Å². The van der Waals surface area contributed by atoms with Gasteiger partial charge in [0.25, 0.3) is 0 Å². The van der Waals surface area contributed by atoms with Gasteiger partial charge in [-0.05, 0) is 59.8 Å². The summed E-state index contributed by atoms with van der Waals surface area (Å²) in [4.78, 5) is 22.8. The van der Waals surface area contributed by atoms with Crippen molar-refractivity contribution in [3.8, 4) is 0 Å². The van der Waals surface area contributed by atoms with E-state index in [1.807, 2.05) is 0 Å². The highest BCUT2D eigenvalue weighted by molar-refractivity contribution is 9.10. The van der Waals surface area contributed by atoms with Crippen LogP contribution in [-0.4, -0.2) is 23.1 Å². The Kier molecular flexibility index (Phi) is 4.82. The van der Waals surface area contributed by atoms with Crippen molar-refractivity contribution in [2.24, 2.45) is 5.92 Å². The fourth-order valence-electron chi connectivity index (χ4n) is 2.46. The van der Waals surface area contributed by atoms with E-state index in [0.29, 0.717) is 30.5 Å². The van der Waals surface area contributed by atoms with Gasteiger partial charge < -0.3 is 15.7 Å². The largest absolute Gasteiger partial charge is 0.481 e. The van der Waals surface area contributed by atoms with Crippen LogP contribution in [0.2, 0.25) is 0 Å². The first-order valence-corrected chi connectivity index (χ1v) is 7.42. The zero-order valence-electron chi connectivity index (χ0n) is 11.5. The summed E-state index contributed by atoms with van der Waals surface area (Å²) in [5.41, 5.74) is 1.12. The zero-order valence-corrected chi connectivity index (χ0v) is 13.0. The first-order chi connectivity index (χ1) is 9.86. The average molecular weight is 359 g/mol. The number of amides is 2. The van der Waals surface area contributed by atoms with Crippen LogP contribution in [0.1, 0.15) is 24.8 Å². The number of hydrogen-bond donors (Lipinski definition) is 3. The number of rotatable bonds is 3. The number of carbonyl (C=O) groups is 2. The summed E-state index contributed by atoms with van der Waals surface area (Å²) in [7, 11) is 0. The minimum Gasteiger partial charge on any atom is -0.481 e. The molecule has 1 aromatic rings. The fourth-order valence-corrected chi connectivity index (χ4v) is 2.81. The zero-order chi connectivity index (χ0) is 15.6. The van der Waals surface area contributed by atoms with Gasteiger partial charge >= 0.3 is 12.0 Å². The highest BCUT2D eigenvalue weighted by atomic mass is 79.9. The third-order valence-electron chi connectivity index (χ3n) is 3.63. The van der Waals surface area contributed by atoms with Crippen LogP contribution < -0.4 is 10.6 Å². The van der Waals surface area contributed by atoms with Crippen molar-refractivity contribution in [1.82, 2.24) is 5.32 Å². The van der Waals surface area contributed by atoms with Crippen molar-refractivity contribution in [2.75, 3.05) is 5.32 Å². The average Bonchev–Trinajstić information content (AvgIpc) is 2.84. The minimum absolute atomic E-state index is 0.143. The van der Waals surface area contributed by atoms with Crippen LogP contribution in [0.15, 0.2) is 16.6 Å². The summed E-state index contributed by atoms with van der Waals surface area (Å²) in [6.45, 7) is 1.70. The predicted octanol–water partition coefficient (Wildman–Crippen LogP) is 3.27. The molecule has 0 heterocycles. The van der Waals surface area contributed by atoms with Gasteiger partial charge in [-0.1, -0.05) is 0 Å². The van der Waals surface area contributed by atoms with Crippen LogP contribution in [0.4, 0.5) is 14.9 Å². The molecule has 1 fully saturated rings. The lowest BCUT2D eigenvalue weighted by molar-refractivity contribution is -0.141. The second kappa shape index (κ2) is 6.43. The van der Waals surface area contributed by atoms with Crippen molar-refractivity contribution < 1.29 is 19.1 Å². The van der Waals surface area contributed by atoms with Crippen molar-refractivity contribution >= 4 is 33.6 Å². The highest BCUT2D eigenvalue weighted by Crippen LogP contribution is 2.26. The molecule has 0 aromatic heterocycles. The van der Waals surface area contributed by atoms with Gasteiger partial charge in [0, 0.05) is 11.7 Å². The molecule has 0 radical (unpaired) electrons. The van der Waals surface area contributed by atoms with Gasteiger partial charge in [-0.25, -0.2) is 9.18 Å². The van der Waals surface area contributed by atoms with Crippen LogP contribution in [0, 0.1) is 18.7 Å². The SMILES string of the molecule is Cc1cc(F)c(Br)cc1NC(=O)NC1CCC(C(=O)O)C1. The number of halogens is 2. The van der Waals surface area contributed by atoms with E-state index in [0.717, 1.165) is 0 Å². The van der Waals surface area contributed by atoms with E-state index in [4.69, 9.17) is 5.11 Å². The number of aliphatic carboxylic acids is 1. The molecule has 0 saturated heterocycles. The Morgan fingerprint density at radius 3 is 2.71 bits per heavy atom. The van der Waals surface area contributed by atoms with Crippen molar-refractivity contribution in [3.63, 3.8) is 0 Å². The van der Waals surface area contributed by atoms with Gasteiger partial charge in [0.1, 0.15) is 5.82 Å². The van der Waals surface area contributed by atoms with Crippen LogP contribution >= 0.6 is 15.9 Å². The minimum atomic E-state index is -0.821. The molecule has 3 N–H and O–H groups in total. The second-order valence-corrected chi connectivity index (χ2v) is 6.08. The van der Waals surface area contributed by atoms with Crippen LogP contribution in [0.25, 0.3) is 0 Å². The van der Waals surface area contributed by atoms with Crippen LogP contribution in [0.3, 0.4) is 0 Å². The fraction of sp³-hybridized carbons (Fsp3) is 0.429. The van der Waals surface area contributed by atoms with Gasteiger partial charge in [0.15, 0.2) is 0 Å². The Morgan fingerprint density at radius 1 is 1.38 bits per heavy atom. The van der Waals surface area contributed by atoms with E-state index in [1.54, 1.807) is 6.92 Å². The molecule has 2 unspecified atom stereocenters. The Morgan fingerprint density at radius 2 is 2.10 bits per heavy atom. The Balaban J connectivity index is 1.94. The van der Waals surface area contributed by atoms with Crippen LogP contribution in [0.5, 0.6) is 0 Å². The van der Waals surface area contributed by atoms with E-state index < -0.39 is 23.7 Å². The maximum absolute atomic E-state index is 13.3. The molecule has 2 rings (SSSR count). The Hall–Kier alpha value is -1.63. The van der Waals surface area contributed by atoms with E-state index in [-0.39, 0.29) is 10.5 Å². The molecule has 0 bridgehead atoms. The van der Waals surface area contributed by atoms with Crippen LogP contribution in [-0.2, 0) is 4.79 Å². The molecule has 21 heavy (non-hydrogen) atoms. The van der Waals surface area contributed by atoms with E-state index in [1.165, 1.54) is 12.1 Å². The molecule has 1 aromatic carbocycles. The topological polar surface area (TPSA) is 78.4 Å². The summed E-state index contributed by atoms with van der Waals surface area (Å²) < 4.78 is 13.6. The molecule has 114 valence electrons. The number of hydrogen-bond acceptors (Lipinski definition) is 2. The van der Waals surface area contributed by atoms with E-state index in [2.05, 4.69) is 26.6 Å². The summed E-state index contributed by atoms with van der Waals surface area (Å²) in [5, 5.41) is 14.3. The van der Waals surface area contributed by atoms with Gasteiger partial charge in [-0.15, -0.1) is 0 Å². The van der Waals surface area contributed by atoms with Crippen molar-refractivity contribution in [1.29, 1.82) is 0 Å². The van der Waals surface area contributed by atoms with Crippen molar-refractivity contribution in [2.45, 2.75) is 32.2 Å². The molecule has 2 atom stereocenters. The Bertz CT molecular complexity index is 580. The molecule has 5 nitrogen and oxygen atoms in total. The number of urea groups is 1. The number of aryl methyl sites for hydroxylation is 1.